The molecule has 0 bridgehead atoms. The quantitative estimate of drug-likeness (QED) is 0.367. The van der Waals surface area contributed by atoms with Gasteiger partial charge in [0.25, 0.3) is 11.8 Å². The number of unbranched alkanes of at least 4 members (excludes halogenated alkanes) is 1. The van der Waals surface area contributed by atoms with Crippen LogP contribution >= 0.6 is 0 Å². The van der Waals surface area contributed by atoms with Gasteiger partial charge in [-0.2, -0.15) is 0 Å². The lowest BCUT2D eigenvalue weighted by Gasteiger charge is -2.16. The molecule has 2 amide bonds. The topological polar surface area (TPSA) is 58.6 Å². The zero-order valence-electron chi connectivity index (χ0n) is 20.9. The van der Waals surface area contributed by atoms with Gasteiger partial charge in [-0.15, -0.1) is 0 Å². The highest BCUT2D eigenvalue weighted by molar-refractivity contribution is 6.46. The summed E-state index contributed by atoms with van der Waals surface area (Å²) in [6, 6.07) is 20.9. The SMILES string of the molecule is CCCCc1ccc(N2C(=O)C(Nc3ccc(OCC)cc3)=C(c3ccc(C)c(C)c3)C2=O)cc1. The standard InChI is InChI=1S/C30H32N2O3/c1-5-7-8-22-10-15-25(16-11-22)32-29(33)27(23-12-9-20(3)21(4)19-23)28(30(32)34)31-24-13-17-26(18-14-24)35-6-2/h9-19,31H,5-8H2,1-4H3. The summed E-state index contributed by atoms with van der Waals surface area (Å²) in [5.74, 6) is 0.0615. The van der Waals surface area contributed by atoms with Crippen molar-refractivity contribution in [1.82, 2.24) is 0 Å². The van der Waals surface area contributed by atoms with Crippen molar-refractivity contribution in [2.75, 3.05) is 16.8 Å². The molecule has 3 aromatic carbocycles. The molecule has 0 aromatic heterocycles. The molecule has 180 valence electrons. The number of carbonyl (C=O) groups excluding carboxylic acids is 2. The van der Waals surface area contributed by atoms with Gasteiger partial charge in [0.2, 0.25) is 0 Å². The van der Waals surface area contributed by atoms with Crippen LogP contribution in [0.15, 0.2) is 72.4 Å². The van der Waals surface area contributed by atoms with Crippen molar-refractivity contribution in [3.05, 3.63) is 94.7 Å². The van der Waals surface area contributed by atoms with Crippen molar-refractivity contribution in [2.45, 2.75) is 47.0 Å². The monoisotopic (exact) mass is 468 g/mol. The molecule has 0 radical (unpaired) electrons. The number of nitrogens with one attached hydrogen (secondary N) is 1. The predicted molar refractivity (Wildman–Crippen MR) is 142 cm³/mol. The molecule has 1 N–H and O–H groups in total. The number of anilines is 2. The van der Waals surface area contributed by atoms with E-state index in [0.29, 0.717) is 23.6 Å². The second kappa shape index (κ2) is 10.6. The van der Waals surface area contributed by atoms with Crippen molar-refractivity contribution >= 4 is 28.8 Å². The Morgan fingerprint density at radius 1 is 0.829 bits per heavy atom. The van der Waals surface area contributed by atoms with Gasteiger partial charge >= 0.3 is 0 Å². The summed E-state index contributed by atoms with van der Waals surface area (Å²) in [6.45, 7) is 8.71. The Bertz CT molecular complexity index is 1260. The minimum Gasteiger partial charge on any atom is -0.494 e. The van der Waals surface area contributed by atoms with Crippen LogP contribution in [-0.4, -0.2) is 18.4 Å². The highest BCUT2D eigenvalue weighted by Crippen LogP contribution is 2.35. The van der Waals surface area contributed by atoms with E-state index in [2.05, 4.69) is 12.2 Å². The van der Waals surface area contributed by atoms with Gasteiger partial charge in [-0.25, -0.2) is 4.90 Å². The molecule has 3 aromatic rings. The van der Waals surface area contributed by atoms with Gasteiger partial charge in [0.15, 0.2) is 0 Å². The normalized spacial score (nSPS) is 13.5. The molecule has 5 heteroatoms. The fraction of sp³-hybridized carbons (Fsp3) is 0.267. The van der Waals surface area contributed by atoms with Gasteiger partial charge in [0, 0.05) is 5.69 Å². The summed E-state index contributed by atoms with van der Waals surface area (Å²) in [4.78, 5) is 28.6. The van der Waals surface area contributed by atoms with Crippen LogP contribution in [0.4, 0.5) is 11.4 Å². The number of benzene rings is 3. The van der Waals surface area contributed by atoms with Gasteiger partial charge in [-0.1, -0.05) is 43.7 Å². The van der Waals surface area contributed by atoms with Crippen LogP contribution in [0.25, 0.3) is 5.57 Å². The van der Waals surface area contributed by atoms with E-state index >= 15 is 0 Å². The minimum absolute atomic E-state index is 0.275. The maximum absolute atomic E-state index is 13.7. The molecule has 35 heavy (non-hydrogen) atoms. The third-order valence-electron chi connectivity index (χ3n) is 6.33. The summed E-state index contributed by atoms with van der Waals surface area (Å²) in [5.41, 5.74) is 6.06. The highest BCUT2D eigenvalue weighted by Gasteiger charge is 2.40. The molecule has 0 spiro atoms. The van der Waals surface area contributed by atoms with Gasteiger partial charge in [0.05, 0.1) is 17.9 Å². The Morgan fingerprint density at radius 3 is 2.17 bits per heavy atom. The second-order valence-electron chi connectivity index (χ2n) is 8.85. The van der Waals surface area contributed by atoms with E-state index in [-0.39, 0.29) is 17.5 Å². The minimum atomic E-state index is -0.363. The molecule has 0 saturated carbocycles. The van der Waals surface area contributed by atoms with Crippen LogP contribution in [0.5, 0.6) is 5.75 Å². The first-order chi connectivity index (χ1) is 16.9. The summed E-state index contributed by atoms with van der Waals surface area (Å²) >= 11 is 0. The van der Waals surface area contributed by atoms with Crippen LogP contribution in [-0.2, 0) is 16.0 Å². The largest absolute Gasteiger partial charge is 0.494 e. The van der Waals surface area contributed by atoms with Crippen LogP contribution in [0.1, 0.15) is 48.9 Å². The molecule has 0 saturated heterocycles. The van der Waals surface area contributed by atoms with Gasteiger partial charge < -0.3 is 10.1 Å². The third kappa shape index (κ3) is 5.14. The van der Waals surface area contributed by atoms with Crippen LogP contribution in [0, 0.1) is 13.8 Å². The molecule has 1 heterocycles. The van der Waals surface area contributed by atoms with E-state index in [1.165, 1.54) is 10.5 Å². The number of rotatable bonds is 9. The maximum Gasteiger partial charge on any atom is 0.282 e. The molecule has 1 aliphatic rings. The lowest BCUT2D eigenvalue weighted by atomic mass is 9.99. The van der Waals surface area contributed by atoms with E-state index in [4.69, 9.17) is 4.74 Å². The fourth-order valence-corrected chi connectivity index (χ4v) is 4.18. The Balaban J connectivity index is 1.72. The first-order valence-corrected chi connectivity index (χ1v) is 12.2. The summed E-state index contributed by atoms with van der Waals surface area (Å²) in [7, 11) is 0. The van der Waals surface area contributed by atoms with Gasteiger partial charge in [-0.05, 0) is 92.3 Å². The maximum atomic E-state index is 13.7. The number of amides is 2. The lowest BCUT2D eigenvalue weighted by molar-refractivity contribution is -0.120. The van der Waals surface area contributed by atoms with E-state index in [1.54, 1.807) is 0 Å². The molecular weight excluding hydrogens is 436 g/mol. The van der Waals surface area contributed by atoms with E-state index in [1.807, 2.05) is 87.5 Å². The number of ether oxygens (including phenoxy) is 1. The van der Waals surface area contributed by atoms with E-state index in [9.17, 15) is 9.59 Å². The average molecular weight is 469 g/mol. The van der Waals surface area contributed by atoms with Crippen LogP contribution in [0.2, 0.25) is 0 Å². The molecular formula is C30H32N2O3. The van der Waals surface area contributed by atoms with Crippen LogP contribution in [0.3, 0.4) is 0 Å². The van der Waals surface area contributed by atoms with Crippen molar-refractivity contribution in [3.63, 3.8) is 0 Å². The van der Waals surface area contributed by atoms with E-state index in [0.717, 1.165) is 41.7 Å². The molecule has 0 atom stereocenters. The van der Waals surface area contributed by atoms with Crippen molar-refractivity contribution in [3.8, 4) is 5.75 Å². The molecule has 0 aliphatic carbocycles. The summed E-state index contributed by atoms with van der Waals surface area (Å²) in [6.07, 6.45) is 3.21. The third-order valence-corrected chi connectivity index (χ3v) is 6.33. The fourth-order valence-electron chi connectivity index (χ4n) is 4.18. The smallest absolute Gasteiger partial charge is 0.282 e. The zero-order valence-corrected chi connectivity index (χ0v) is 20.9. The summed E-state index contributed by atoms with van der Waals surface area (Å²) in [5, 5.41) is 3.22. The van der Waals surface area contributed by atoms with Crippen LogP contribution < -0.4 is 15.0 Å². The lowest BCUT2D eigenvalue weighted by Crippen LogP contribution is -2.32. The second-order valence-corrected chi connectivity index (χ2v) is 8.85. The average Bonchev–Trinajstić information content (AvgIpc) is 3.10. The van der Waals surface area contributed by atoms with Gasteiger partial charge in [-0.3, -0.25) is 9.59 Å². The first-order valence-electron chi connectivity index (χ1n) is 12.2. The highest BCUT2D eigenvalue weighted by atomic mass is 16.5. The van der Waals surface area contributed by atoms with Gasteiger partial charge in [0.1, 0.15) is 11.4 Å². The Kier molecular flexibility index (Phi) is 7.35. The number of carbonyl (C=O) groups is 2. The zero-order chi connectivity index (χ0) is 24.9. The number of nitrogens with zero attached hydrogens (tertiary/aromatic N) is 1. The molecule has 5 nitrogen and oxygen atoms in total. The van der Waals surface area contributed by atoms with Crippen molar-refractivity contribution < 1.29 is 14.3 Å². The Labute approximate surface area is 207 Å². The Hall–Kier alpha value is -3.86. The number of aryl methyl sites for hydroxylation is 3. The first kappa shape index (κ1) is 24.3. The molecule has 1 aliphatic heterocycles. The van der Waals surface area contributed by atoms with Crippen molar-refractivity contribution in [1.29, 1.82) is 0 Å². The predicted octanol–water partition coefficient (Wildman–Crippen LogP) is 6.44. The van der Waals surface area contributed by atoms with Crippen molar-refractivity contribution in [2.24, 2.45) is 0 Å². The number of hydrogen-bond donors (Lipinski definition) is 1. The number of hydrogen-bond acceptors (Lipinski definition) is 4. The molecule has 4 rings (SSSR count). The summed E-state index contributed by atoms with van der Waals surface area (Å²) < 4.78 is 5.52. The molecule has 0 unspecified atom stereocenters. The van der Waals surface area contributed by atoms with E-state index < -0.39 is 0 Å². The Morgan fingerprint density at radius 2 is 1.54 bits per heavy atom. The molecule has 0 fully saturated rings. The number of imide groups is 1.